The van der Waals surface area contributed by atoms with Crippen molar-refractivity contribution >= 4 is 0 Å². The molecule has 0 aromatic heterocycles. The fraction of sp³-hybridized carbons (Fsp3) is 0. The molecule has 17 heavy (non-hydrogen) atoms. The van der Waals surface area contributed by atoms with Crippen molar-refractivity contribution in [2.45, 2.75) is 0 Å². The van der Waals surface area contributed by atoms with Gasteiger partial charge in [0.15, 0.2) is 0 Å². The van der Waals surface area contributed by atoms with E-state index in [-0.39, 0.29) is 0 Å². The molecule has 0 atom stereocenters. The highest BCUT2D eigenvalue weighted by Gasteiger charge is 1.94. The highest BCUT2D eigenvalue weighted by atomic mass is 19.1. The van der Waals surface area contributed by atoms with Crippen LogP contribution in [0.4, 0.5) is 4.39 Å². The van der Waals surface area contributed by atoms with E-state index in [4.69, 9.17) is 5.84 Å². The second kappa shape index (κ2) is 7.91. The lowest BCUT2D eigenvalue weighted by Crippen LogP contribution is -2.21. The number of nitrogens with two attached hydrogens (primary N) is 1. The largest absolute Gasteiger partial charge is 0.323 e. The second-order valence-corrected chi connectivity index (χ2v) is 2.99. The van der Waals surface area contributed by atoms with Crippen LogP contribution in [0.1, 0.15) is 0 Å². The number of hydrogen-bond donors (Lipinski definition) is 2. The van der Waals surface area contributed by atoms with Crippen molar-refractivity contribution in [3.63, 3.8) is 0 Å². The minimum Gasteiger partial charge on any atom is -0.323 e. The van der Waals surface area contributed by atoms with Gasteiger partial charge in [-0.1, -0.05) is 44.2 Å². The van der Waals surface area contributed by atoms with E-state index in [2.05, 4.69) is 43.6 Å². The Balaban J connectivity index is 4.70. The van der Waals surface area contributed by atoms with Crippen LogP contribution in [0.25, 0.3) is 0 Å². The minimum atomic E-state index is -0.553. The van der Waals surface area contributed by atoms with Crippen molar-refractivity contribution in [3.8, 4) is 11.8 Å². The van der Waals surface area contributed by atoms with Crippen molar-refractivity contribution in [2.75, 3.05) is 0 Å². The summed E-state index contributed by atoms with van der Waals surface area (Å²) < 4.78 is 12.3. The number of halogens is 1. The molecule has 0 aliphatic rings. The summed E-state index contributed by atoms with van der Waals surface area (Å²) in [6.07, 6.45) is 5.81. The molecule has 0 rings (SSSR count). The highest BCUT2D eigenvalue weighted by molar-refractivity contribution is 5.49. The number of hydrogen-bond acceptors (Lipinski definition) is 2. The van der Waals surface area contributed by atoms with Gasteiger partial charge in [0.1, 0.15) is 5.83 Å². The van der Waals surface area contributed by atoms with Crippen LogP contribution in [0.15, 0.2) is 73.3 Å². The van der Waals surface area contributed by atoms with Crippen LogP contribution in [0.5, 0.6) is 0 Å². The predicted molar refractivity (Wildman–Crippen MR) is 71.0 cm³/mol. The molecule has 0 unspecified atom stereocenters. The first kappa shape index (κ1) is 14.7. The smallest absolute Gasteiger partial charge is 0.116 e. The van der Waals surface area contributed by atoms with E-state index in [9.17, 15) is 4.39 Å². The Morgan fingerprint density at radius 3 is 2.29 bits per heavy atom. The number of nitrogens with one attached hydrogen (secondary N) is 1. The minimum absolute atomic E-state index is 0.444. The molecule has 0 bridgehead atoms. The Morgan fingerprint density at radius 1 is 1.18 bits per heavy atom. The lowest BCUT2D eigenvalue weighted by molar-refractivity contribution is 0.671. The zero-order valence-electron chi connectivity index (χ0n) is 9.59. The van der Waals surface area contributed by atoms with Crippen LogP contribution in [0.2, 0.25) is 0 Å². The second-order valence-electron chi connectivity index (χ2n) is 2.99. The summed E-state index contributed by atoms with van der Waals surface area (Å²) in [4.78, 5) is 0. The van der Waals surface area contributed by atoms with Gasteiger partial charge in [-0.3, -0.25) is 5.84 Å². The molecule has 0 heterocycles. The maximum absolute atomic E-state index is 12.3. The Bertz CT molecular complexity index is 456. The first-order valence-electron chi connectivity index (χ1n) is 4.73. The summed E-state index contributed by atoms with van der Waals surface area (Å²) in [7, 11) is 0. The molecule has 0 aliphatic heterocycles. The molecule has 0 spiro atoms. The van der Waals surface area contributed by atoms with Crippen LogP contribution in [0, 0.1) is 11.8 Å². The molecule has 0 aromatic rings. The van der Waals surface area contributed by atoms with E-state index in [1.54, 1.807) is 12.2 Å². The van der Waals surface area contributed by atoms with Gasteiger partial charge < -0.3 is 5.43 Å². The molecule has 0 aromatic carbocycles. The summed E-state index contributed by atoms with van der Waals surface area (Å²) in [5.74, 6) is 10.2. The molecule has 3 heteroatoms. The van der Waals surface area contributed by atoms with Gasteiger partial charge >= 0.3 is 0 Å². The van der Waals surface area contributed by atoms with Crippen molar-refractivity contribution in [1.82, 2.24) is 5.43 Å². The van der Waals surface area contributed by atoms with Crippen LogP contribution in [-0.2, 0) is 0 Å². The number of allylic oxidation sites excluding steroid dienone is 7. The molecule has 0 saturated heterocycles. The summed E-state index contributed by atoms with van der Waals surface area (Å²) in [6.45, 7) is 14.0. The molecular weight excluding hydrogens is 215 g/mol. The van der Waals surface area contributed by atoms with Gasteiger partial charge in [0.2, 0.25) is 0 Å². The molecule has 88 valence electrons. The van der Waals surface area contributed by atoms with E-state index in [0.29, 0.717) is 16.8 Å². The van der Waals surface area contributed by atoms with E-state index >= 15 is 0 Å². The topological polar surface area (TPSA) is 38.0 Å². The fourth-order valence-electron chi connectivity index (χ4n) is 0.809. The maximum atomic E-state index is 12.3. The van der Waals surface area contributed by atoms with Gasteiger partial charge in [0.25, 0.3) is 0 Å². The summed E-state index contributed by atoms with van der Waals surface area (Å²) in [5, 5.41) is 0. The SMILES string of the molecule is C=C/C=C(/NN)C(=C)C#CC(=C)/C=C\C(=C)F. The summed E-state index contributed by atoms with van der Waals surface area (Å²) in [5.41, 5.74) is 3.93. The predicted octanol–water partition coefficient (Wildman–Crippen LogP) is 2.67. The highest BCUT2D eigenvalue weighted by Crippen LogP contribution is 2.03. The van der Waals surface area contributed by atoms with Gasteiger partial charge in [-0.15, -0.1) is 0 Å². The Hall–Kier alpha value is -2.31. The number of rotatable bonds is 5. The Labute approximate surface area is 101 Å². The Kier molecular flexibility index (Phi) is 6.84. The molecule has 2 nitrogen and oxygen atoms in total. The van der Waals surface area contributed by atoms with Gasteiger partial charge in [-0.05, 0) is 18.2 Å². The maximum Gasteiger partial charge on any atom is 0.116 e. The fourth-order valence-corrected chi connectivity index (χ4v) is 0.809. The third-order valence-corrected chi connectivity index (χ3v) is 1.60. The zero-order chi connectivity index (χ0) is 13.3. The summed E-state index contributed by atoms with van der Waals surface area (Å²) in [6, 6.07) is 0. The normalized spacial score (nSPS) is 10.4. The van der Waals surface area contributed by atoms with E-state index < -0.39 is 5.83 Å². The van der Waals surface area contributed by atoms with E-state index in [1.165, 1.54) is 12.2 Å². The zero-order valence-corrected chi connectivity index (χ0v) is 9.59. The van der Waals surface area contributed by atoms with Crippen LogP contribution in [0.3, 0.4) is 0 Å². The lowest BCUT2D eigenvalue weighted by atomic mass is 10.2. The van der Waals surface area contributed by atoms with Gasteiger partial charge in [-0.25, -0.2) is 4.39 Å². The molecule has 0 aliphatic carbocycles. The molecule has 0 radical (unpaired) electrons. The molecule has 0 saturated carbocycles. The third-order valence-electron chi connectivity index (χ3n) is 1.60. The average molecular weight is 230 g/mol. The van der Waals surface area contributed by atoms with Crippen molar-refractivity contribution in [3.05, 3.63) is 73.3 Å². The quantitative estimate of drug-likeness (QED) is 0.330. The molecule has 3 N–H and O–H groups in total. The van der Waals surface area contributed by atoms with Crippen molar-refractivity contribution in [2.24, 2.45) is 5.84 Å². The Morgan fingerprint density at radius 2 is 1.82 bits per heavy atom. The summed E-state index contributed by atoms with van der Waals surface area (Å²) >= 11 is 0. The van der Waals surface area contributed by atoms with Gasteiger partial charge in [0, 0.05) is 11.1 Å². The third kappa shape index (κ3) is 6.72. The standard InChI is InChI=1S/C14H15FN2/c1-5-6-14(17-16)12(3)9-7-11(2)8-10-13(4)15/h5-6,8,10,17H,1-4,16H2/b10-8-,14-6+. The van der Waals surface area contributed by atoms with Crippen molar-refractivity contribution in [1.29, 1.82) is 0 Å². The van der Waals surface area contributed by atoms with E-state index in [1.807, 2.05) is 0 Å². The molecule has 0 amide bonds. The van der Waals surface area contributed by atoms with Gasteiger partial charge in [-0.2, -0.15) is 0 Å². The van der Waals surface area contributed by atoms with Crippen LogP contribution in [-0.4, -0.2) is 0 Å². The van der Waals surface area contributed by atoms with Gasteiger partial charge in [0.05, 0.1) is 5.70 Å². The van der Waals surface area contributed by atoms with Crippen LogP contribution >= 0.6 is 0 Å². The average Bonchev–Trinajstić information content (AvgIpc) is 2.30. The molecule has 0 fully saturated rings. The molecular formula is C14H15FN2. The monoisotopic (exact) mass is 230 g/mol. The van der Waals surface area contributed by atoms with Crippen LogP contribution < -0.4 is 11.3 Å². The lowest BCUT2D eigenvalue weighted by Gasteiger charge is -2.02. The first-order valence-corrected chi connectivity index (χ1v) is 4.73. The first-order chi connectivity index (χ1) is 8.01. The van der Waals surface area contributed by atoms with E-state index in [0.717, 1.165) is 0 Å². The number of hydrazine groups is 1. The van der Waals surface area contributed by atoms with Crippen molar-refractivity contribution < 1.29 is 4.39 Å².